The average Bonchev–Trinajstić information content (AvgIpc) is 3.50. The summed E-state index contributed by atoms with van der Waals surface area (Å²) < 4.78 is 49.6. The van der Waals surface area contributed by atoms with Gasteiger partial charge in [0.2, 0.25) is 0 Å². The van der Waals surface area contributed by atoms with Crippen LogP contribution in [0.4, 0.5) is 15.9 Å². The summed E-state index contributed by atoms with van der Waals surface area (Å²) in [5.41, 5.74) is 3.88. The van der Waals surface area contributed by atoms with Crippen molar-refractivity contribution in [2.75, 3.05) is 37.0 Å². The molecule has 5 rings (SSSR count). The molecule has 3 aromatic carbocycles. The van der Waals surface area contributed by atoms with E-state index in [1.54, 1.807) is 24.5 Å². The number of fused-ring (bicyclic) bond motifs is 1. The molecule has 9 nitrogen and oxygen atoms in total. The molecule has 2 N–H and O–H groups in total. The molecule has 0 aliphatic rings. The molecule has 46 heavy (non-hydrogen) atoms. The zero-order chi connectivity index (χ0) is 32.5. The van der Waals surface area contributed by atoms with Crippen LogP contribution in [0, 0.1) is 5.82 Å². The third kappa shape index (κ3) is 8.99. The highest BCUT2D eigenvalue weighted by molar-refractivity contribution is 9.10. The molecular weight excluding hydrogens is 693 g/mol. The number of benzene rings is 3. The Morgan fingerprint density at radius 3 is 2.67 bits per heavy atom. The Bertz CT molecular complexity index is 1900. The van der Waals surface area contributed by atoms with E-state index in [4.69, 9.17) is 14.5 Å². The van der Waals surface area contributed by atoms with Crippen LogP contribution in [0.2, 0.25) is 0 Å². The number of halogens is 2. The smallest absolute Gasteiger partial charge is 0.151 e. The number of methoxy groups -OCH3 is 1. The fourth-order valence-electron chi connectivity index (χ4n) is 4.85. The molecule has 0 aliphatic carbocycles. The van der Waals surface area contributed by atoms with Crippen LogP contribution in [0.25, 0.3) is 22.2 Å². The van der Waals surface area contributed by atoms with Crippen molar-refractivity contribution in [1.82, 2.24) is 20.3 Å². The first kappa shape index (κ1) is 33.7. The molecule has 0 bridgehead atoms. The van der Waals surface area contributed by atoms with E-state index in [0.717, 1.165) is 62.3 Å². The first-order valence-electron chi connectivity index (χ1n) is 14.9. The van der Waals surface area contributed by atoms with Crippen LogP contribution >= 0.6 is 27.3 Å². The van der Waals surface area contributed by atoms with Crippen LogP contribution in [0.5, 0.6) is 11.5 Å². The second-order valence-electron chi connectivity index (χ2n) is 10.6. The lowest BCUT2D eigenvalue weighted by Crippen LogP contribution is -2.25. The van der Waals surface area contributed by atoms with Gasteiger partial charge in [0.05, 0.1) is 33.6 Å². The SMILES string of the molecule is CCCS(=O)(=O)CCNCCCc1nc(-c2cc3c(Nc4ccc(OCc5cccc(F)c5)c(Br)c4)ncnc3cc2OC)cs1. The normalized spacial score (nSPS) is 11.6. The third-order valence-corrected chi connectivity index (χ3v) is 10.5. The predicted molar refractivity (Wildman–Crippen MR) is 185 cm³/mol. The summed E-state index contributed by atoms with van der Waals surface area (Å²) >= 11 is 5.17. The van der Waals surface area contributed by atoms with Crippen molar-refractivity contribution in [2.45, 2.75) is 32.8 Å². The zero-order valence-electron chi connectivity index (χ0n) is 25.6. The van der Waals surface area contributed by atoms with Crippen molar-refractivity contribution >= 4 is 59.5 Å². The lowest BCUT2D eigenvalue weighted by Gasteiger charge is -2.13. The Hall–Kier alpha value is -3.65. The van der Waals surface area contributed by atoms with Gasteiger partial charge in [0.1, 0.15) is 36.1 Å². The number of ether oxygens (including phenoxy) is 2. The molecule has 13 heteroatoms. The lowest BCUT2D eigenvalue weighted by atomic mass is 10.1. The Morgan fingerprint density at radius 2 is 1.89 bits per heavy atom. The van der Waals surface area contributed by atoms with Crippen molar-refractivity contribution in [3.63, 3.8) is 0 Å². The Kier molecular flexibility index (Phi) is 11.6. The third-order valence-electron chi connectivity index (χ3n) is 7.11. The maximum Gasteiger partial charge on any atom is 0.151 e. The summed E-state index contributed by atoms with van der Waals surface area (Å²) in [4.78, 5) is 13.8. The van der Waals surface area contributed by atoms with Gasteiger partial charge in [0.15, 0.2) is 9.84 Å². The molecule has 0 unspecified atom stereocenters. The highest BCUT2D eigenvalue weighted by Crippen LogP contribution is 2.37. The van der Waals surface area contributed by atoms with E-state index in [2.05, 4.69) is 36.5 Å². The van der Waals surface area contributed by atoms with Gasteiger partial charge in [-0.3, -0.25) is 0 Å². The van der Waals surface area contributed by atoms with Gasteiger partial charge in [-0.2, -0.15) is 0 Å². The average molecular weight is 729 g/mol. The molecular formula is C33H35BrFN5O4S2. The minimum absolute atomic E-state index is 0.166. The molecule has 242 valence electrons. The fraction of sp³-hybridized carbons (Fsp3) is 0.303. The number of hydrogen-bond donors (Lipinski definition) is 2. The van der Waals surface area contributed by atoms with Crippen molar-refractivity contribution < 1.29 is 22.3 Å². The number of anilines is 2. The Balaban J connectivity index is 1.26. The standard InChI is InChI=1S/C33H35BrFN5O4S2/c1-3-13-46(41,42)14-12-36-11-5-8-32-40-29(20-45-32)25-17-26-28(18-31(25)43-2)37-21-38-33(26)39-24-9-10-30(27(34)16-24)44-19-22-6-4-7-23(35)15-22/h4,6-7,9-10,15-18,20-21,36H,3,5,8,11-14,19H2,1-2H3,(H,37,38,39). The molecule has 5 aromatic rings. The Labute approximate surface area is 280 Å². The van der Waals surface area contributed by atoms with E-state index in [-0.39, 0.29) is 23.9 Å². The number of sulfone groups is 1. The highest BCUT2D eigenvalue weighted by atomic mass is 79.9. The quantitative estimate of drug-likeness (QED) is 0.101. The van der Waals surface area contributed by atoms with E-state index >= 15 is 0 Å². The molecule has 0 spiro atoms. The minimum Gasteiger partial charge on any atom is -0.496 e. The number of thiazole rings is 1. The van der Waals surface area contributed by atoms with Crippen molar-refractivity contribution in [1.29, 1.82) is 0 Å². The van der Waals surface area contributed by atoms with Crippen LogP contribution in [-0.4, -0.2) is 55.1 Å². The summed E-state index contributed by atoms with van der Waals surface area (Å²) in [6.45, 7) is 3.30. The van der Waals surface area contributed by atoms with E-state index in [0.29, 0.717) is 30.3 Å². The number of hydrogen-bond acceptors (Lipinski definition) is 10. The Morgan fingerprint density at radius 1 is 1.02 bits per heavy atom. The number of aromatic nitrogens is 3. The predicted octanol–water partition coefficient (Wildman–Crippen LogP) is 7.33. The van der Waals surface area contributed by atoms with E-state index in [1.807, 2.05) is 48.7 Å². The maximum atomic E-state index is 13.5. The topological polar surface area (TPSA) is 115 Å². The number of aryl methyl sites for hydroxylation is 1. The minimum atomic E-state index is -2.97. The maximum absolute atomic E-state index is 13.5. The van der Waals surface area contributed by atoms with Crippen LogP contribution in [0.15, 0.2) is 70.8 Å². The highest BCUT2D eigenvalue weighted by Gasteiger charge is 2.16. The van der Waals surface area contributed by atoms with Crippen molar-refractivity contribution in [2.24, 2.45) is 0 Å². The first-order valence-corrected chi connectivity index (χ1v) is 18.4. The summed E-state index contributed by atoms with van der Waals surface area (Å²) in [5, 5.41) is 10.4. The van der Waals surface area contributed by atoms with Crippen LogP contribution in [0.3, 0.4) is 0 Å². The molecule has 0 aliphatic heterocycles. The zero-order valence-corrected chi connectivity index (χ0v) is 28.8. The number of nitrogens with one attached hydrogen (secondary N) is 2. The second kappa shape index (κ2) is 15.8. The van der Waals surface area contributed by atoms with Crippen LogP contribution < -0.4 is 20.1 Å². The van der Waals surface area contributed by atoms with Gasteiger partial charge in [0, 0.05) is 46.8 Å². The van der Waals surface area contributed by atoms with Gasteiger partial charge in [-0.15, -0.1) is 11.3 Å². The van der Waals surface area contributed by atoms with Gasteiger partial charge in [-0.25, -0.2) is 27.8 Å². The van der Waals surface area contributed by atoms with Gasteiger partial charge in [0.25, 0.3) is 0 Å². The fourth-order valence-corrected chi connectivity index (χ4v) is 7.47. The van der Waals surface area contributed by atoms with E-state index in [1.165, 1.54) is 18.5 Å². The first-order chi connectivity index (χ1) is 22.2. The summed E-state index contributed by atoms with van der Waals surface area (Å²) in [6, 6.07) is 15.8. The summed E-state index contributed by atoms with van der Waals surface area (Å²) in [6.07, 6.45) is 3.78. The van der Waals surface area contributed by atoms with Gasteiger partial charge >= 0.3 is 0 Å². The molecule has 2 aromatic heterocycles. The van der Waals surface area contributed by atoms with Crippen molar-refractivity contribution in [3.8, 4) is 22.8 Å². The van der Waals surface area contributed by atoms with Gasteiger partial charge in [-0.1, -0.05) is 19.1 Å². The van der Waals surface area contributed by atoms with Crippen molar-refractivity contribution in [3.05, 3.63) is 87.2 Å². The molecule has 0 fully saturated rings. The molecule has 0 atom stereocenters. The largest absolute Gasteiger partial charge is 0.496 e. The lowest BCUT2D eigenvalue weighted by molar-refractivity contribution is 0.303. The van der Waals surface area contributed by atoms with E-state index in [9.17, 15) is 12.8 Å². The molecule has 0 amide bonds. The number of rotatable bonds is 16. The van der Waals surface area contributed by atoms with Crippen LogP contribution in [-0.2, 0) is 22.9 Å². The number of nitrogens with zero attached hydrogens (tertiary/aromatic N) is 3. The van der Waals surface area contributed by atoms with Crippen LogP contribution in [0.1, 0.15) is 30.3 Å². The molecule has 0 saturated carbocycles. The molecule has 2 heterocycles. The second-order valence-corrected chi connectivity index (χ2v) is 14.7. The monoisotopic (exact) mass is 727 g/mol. The van der Waals surface area contributed by atoms with E-state index < -0.39 is 9.84 Å². The molecule has 0 saturated heterocycles. The summed E-state index contributed by atoms with van der Waals surface area (Å²) in [5.74, 6) is 2.01. The summed E-state index contributed by atoms with van der Waals surface area (Å²) in [7, 11) is -1.35. The van der Waals surface area contributed by atoms with Gasteiger partial charge < -0.3 is 20.1 Å². The molecule has 0 radical (unpaired) electrons. The van der Waals surface area contributed by atoms with Gasteiger partial charge in [-0.05, 0) is 77.3 Å².